The maximum Gasteiger partial charge on any atom is 0.256 e. The van der Waals surface area contributed by atoms with Crippen molar-refractivity contribution in [3.05, 3.63) is 112 Å². The van der Waals surface area contributed by atoms with Gasteiger partial charge >= 0.3 is 0 Å². The fraction of sp³-hybridized carbons (Fsp3) is 0.161. The zero-order valence-electron chi connectivity index (χ0n) is 21.8. The first kappa shape index (κ1) is 26.1. The molecule has 0 aliphatic rings. The molecule has 2 amide bonds. The highest BCUT2D eigenvalue weighted by Gasteiger charge is 2.17. The second-order valence-electron chi connectivity index (χ2n) is 9.37. The van der Waals surface area contributed by atoms with E-state index in [1.54, 1.807) is 36.4 Å². The number of aromatic nitrogens is 2. The summed E-state index contributed by atoms with van der Waals surface area (Å²) in [5.41, 5.74) is 6.47. The van der Waals surface area contributed by atoms with Gasteiger partial charge in [-0.25, -0.2) is 4.98 Å². The lowest BCUT2D eigenvalue weighted by Crippen LogP contribution is -2.22. The standard InChI is InChI=1S/C31H27ClN4O3/c1-4-21-15-23(39-36-21)17-33-30(37)20-9-11-22(12-10-20)34-31(38)26-16-28(24-7-5-6-8-27(24)32)35-29-19(3)13-18(2)14-25(26)29/h5-16H,4,17H2,1-3H3,(H,33,37)(H,34,38). The lowest BCUT2D eigenvalue weighted by Gasteiger charge is -2.14. The van der Waals surface area contributed by atoms with Crippen molar-refractivity contribution < 1.29 is 14.1 Å². The minimum Gasteiger partial charge on any atom is -0.359 e. The van der Waals surface area contributed by atoms with Gasteiger partial charge in [-0.2, -0.15) is 0 Å². The van der Waals surface area contributed by atoms with E-state index < -0.39 is 0 Å². The summed E-state index contributed by atoms with van der Waals surface area (Å²) in [5, 5.41) is 11.0. The molecule has 0 saturated carbocycles. The van der Waals surface area contributed by atoms with Crippen LogP contribution in [0.25, 0.3) is 22.2 Å². The minimum absolute atomic E-state index is 0.242. The van der Waals surface area contributed by atoms with Gasteiger partial charge in [-0.15, -0.1) is 0 Å². The van der Waals surface area contributed by atoms with Crippen LogP contribution in [0.15, 0.2) is 77.3 Å². The number of carbonyl (C=O) groups excluding carboxylic acids is 2. The van der Waals surface area contributed by atoms with E-state index in [1.807, 2.05) is 57.2 Å². The summed E-state index contributed by atoms with van der Waals surface area (Å²) in [6.07, 6.45) is 0.764. The maximum absolute atomic E-state index is 13.6. The molecular formula is C31H27ClN4O3. The minimum atomic E-state index is -0.282. The van der Waals surface area contributed by atoms with Gasteiger partial charge in [-0.1, -0.05) is 53.5 Å². The van der Waals surface area contributed by atoms with Gasteiger partial charge in [0.25, 0.3) is 11.8 Å². The van der Waals surface area contributed by atoms with Crippen molar-refractivity contribution in [2.24, 2.45) is 0 Å². The van der Waals surface area contributed by atoms with E-state index in [2.05, 4.69) is 15.8 Å². The Morgan fingerprint density at radius 3 is 2.44 bits per heavy atom. The smallest absolute Gasteiger partial charge is 0.256 e. The van der Waals surface area contributed by atoms with E-state index in [-0.39, 0.29) is 18.4 Å². The van der Waals surface area contributed by atoms with Gasteiger partial charge in [-0.05, 0) is 68.3 Å². The summed E-state index contributed by atoms with van der Waals surface area (Å²) in [4.78, 5) is 31.0. The van der Waals surface area contributed by atoms with Crippen LogP contribution in [0.4, 0.5) is 5.69 Å². The van der Waals surface area contributed by atoms with Gasteiger partial charge in [0, 0.05) is 33.3 Å². The number of benzene rings is 3. The molecule has 0 spiro atoms. The Labute approximate surface area is 231 Å². The summed E-state index contributed by atoms with van der Waals surface area (Å²) < 4.78 is 5.21. The van der Waals surface area contributed by atoms with E-state index in [0.29, 0.717) is 33.3 Å². The van der Waals surface area contributed by atoms with Crippen LogP contribution < -0.4 is 10.6 Å². The Morgan fingerprint density at radius 2 is 1.72 bits per heavy atom. The lowest BCUT2D eigenvalue weighted by molar-refractivity contribution is 0.0946. The molecule has 7 nitrogen and oxygen atoms in total. The molecule has 2 N–H and O–H groups in total. The zero-order chi connectivity index (χ0) is 27.5. The molecule has 3 aromatic carbocycles. The Bertz CT molecular complexity index is 1690. The van der Waals surface area contributed by atoms with Crippen LogP contribution in [0.1, 0.15) is 50.2 Å². The third-order valence-corrected chi connectivity index (χ3v) is 6.77. The first-order valence-electron chi connectivity index (χ1n) is 12.6. The van der Waals surface area contributed by atoms with Crippen molar-refractivity contribution in [3.63, 3.8) is 0 Å². The Kier molecular flexibility index (Phi) is 7.43. The molecule has 2 heterocycles. The number of rotatable bonds is 7. The molecule has 0 unspecified atom stereocenters. The van der Waals surface area contributed by atoms with Crippen molar-refractivity contribution in [2.45, 2.75) is 33.7 Å². The number of nitrogens with one attached hydrogen (secondary N) is 2. The third kappa shape index (κ3) is 5.68. The Hall–Kier alpha value is -4.49. The number of hydrogen-bond donors (Lipinski definition) is 2. The SMILES string of the molecule is CCc1cc(CNC(=O)c2ccc(NC(=O)c3cc(-c4ccccc4Cl)nc4c(C)cc(C)cc34)cc2)on1. The molecule has 2 aromatic heterocycles. The van der Waals surface area contributed by atoms with Crippen molar-refractivity contribution in [1.82, 2.24) is 15.5 Å². The van der Waals surface area contributed by atoms with Crippen LogP contribution in [0.3, 0.4) is 0 Å². The molecule has 0 saturated heterocycles. The van der Waals surface area contributed by atoms with E-state index in [0.717, 1.165) is 39.7 Å². The van der Waals surface area contributed by atoms with Crippen molar-refractivity contribution >= 4 is 40.0 Å². The number of carbonyl (C=O) groups is 2. The quantitative estimate of drug-likeness (QED) is 0.235. The molecule has 0 atom stereocenters. The first-order valence-corrected chi connectivity index (χ1v) is 13.0. The fourth-order valence-corrected chi connectivity index (χ4v) is 4.69. The largest absolute Gasteiger partial charge is 0.359 e. The fourth-order valence-electron chi connectivity index (χ4n) is 4.45. The third-order valence-electron chi connectivity index (χ3n) is 6.44. The van der Waals surface area contributed by atoms with Crippen LogP contribution in [-0.4, -0.2) is 22.0 Å². The highest BCUT2D eigenvalue weighted by atomic mass is 35.5. The van der Waals surface area contributed by atoms with Crippen molar-refractivity contribution in [3.8, 4) is 11.3 Å². The van der Waals surface area contributed by atoms with E-state index in [1.165, 1.54) is 0 Å². The Morgan fingerprint density at radius 1 is 0.949 bits per heavy atom. The van der Waals surface area contributed by atoms with Gasteiger partial charge in [0.05, 0.1) is 29.0 Å². The molecule has 0 fully saturated rings. The lowest BCUT2D eigenvalue weighted by atomic mass is 9.99. The topological polar surface area (TPSA) is 97.1 Å². The van der Waals surface area contributed by atoms with Crippen molar-refractivity contribution in [1.29, 1.82) is 0 Å². The predicted octanol–water partition coefficient (Wildman–Crippen LogP) is 6.90. The number of hydrogen-bond acceptors (Lipinski definition) is 5. The summed E-state index contributed by atoms with van der Waals surface area (Å²) in [5.74, 6) is 0.0584. The number of fused-ring (bicyclic) bond motifs is 1. The van der Waals surface area contributed by atoms with Gasteiger partial charge in [0.2, 0.25) is 0 Å². The monoisotopic (exact) mass is 538 g/mol. The molecule has 39 heavy (non-hydrogen) atoms. The van der Waals surface area contributed by atoms with Crippen LogP contribution in [0.2, 0.25) is 5.02 Å². The van der Waals surface area contributed by atoms with E-state index in [4.69, 9.17) is 21.1 Å². The summed E-state index contributed by atoms with van der Waals surface area (Å²) in [6, 6.07) is 21.8. The number of amides is 2. The van der Waals surface area contributed by atoms with Crippen LogP contribution in [0.5, 0.6) is 0 Å². The van der Waals surface area contributed by atoms with Gasteiger partial charge in [-0.3, -0.25) is 9.59 Å². The summed E-state index contributed by atoms with van der Waals surface area (Å²) >= 11 is 6.46. The molecule has 0 radical (unpaired) electrons. The van der Waals surface area contributed by atoms with Gasteiger partial charge in [0.15, 0.2) is 5.76 Å². The predicted molar refractivity (Wildman–Crippen MR) is 153 cm³/mol. The number of nitrogens with zero attached hydrogens (tertiary/aromatic N) is 2. The second kappa shape index (κ2) is 11.1. The number of anilines is 1. The number of aryl methyl sites for hydroxylation is 3. The van der Waals surface area contributed by atoms with Gasteiger partial charge in [0.1, 0.15) is 0 Å². The average molecular weight is 539 g/mol. The zero-order valence-corrected chi connectivity index (χ0v) is 22.6. The molecule has 0 aliphatic heterocycles. The molecular weight excluding hydrogens is 512 g/mol. The molecule has 5 rings (SSSR count). The van der Waals surface area contributed by atoms with Crippen LogP contribution in [-0.2, 0) is 13.0 Å². The normalized spacial score (nSPS) is 11.0. The first-order chi connectivity index (χ1) is 18.8. The number of halogens is 1. The summed E-state index contributed by atoms with van der Waals surface area (Å²) in [7, 11) is 0. The molecule has 196 valence electrons. The highest BCUT2D eigenvalue weighted by molar-refractivity contribution is 6.33. The number of pyridine rings is 1. The van der Waals surface area contributed by atoms with E-state index in [9.17, 15) is 9.59 Å². The molecule has 8 heteroatoms. The van der Waals surface area contributed by atoms with Gasteiger partial charge < -0.3 is 15.2 Å². The van der Waals surface area contributed by atoms with Crippen molar-refractivity contribution in [2.75, 3.05) is 5.32 Å². The molecule has 0 bridgehead atoms. The molecule has 0 aliphatic carbocycles. The Balaban J connectivity index is 1.38. The second-order valence-corrected chi connectivity index (χ2v) is 9.77. The summed E-state index contributed by atoms with van der Waals surface area (Å²) in [6.45, 7) is 6.20. The maximum atomic E-state index is 13.6. The van der Waals surface area contributed by atoms with E-state index >= 15 is 0 Å². The average Bonchev–Trinajstić information content (AvgIpc) is 3.40. The van der Waals surface area contributed by atoms with Crippen LogP contribution >= 0.6 is 11.6 Å². The highest BCUT2D eigenvalue weighted by Crippen LogP contribution is 2.32. The van der Waals surface area contributed by atoms with Crippen LogP contribution in [0, 0.1) is 13.8 Å². The molecule has 5 aromatic rings.